The predicted octanol–water partition coefficient (Wildman–Crippen LogP) is 6.52. The van der Waals surface area contributed by atoms with Crippen LogP contribution in [0.4, 0.5) is 5.82 Å². The number of hydrogen-bond acceptors (Lipinski definition) is 3. The number of hydrogen-bond donors (Lipinski definition) is 0. The fourth-order valence-corrected chi connectivity index (χ4v) is 5.17. The van der Waals surface area contributed by atoms with Crippen LogP contribution in [0.25, 0.3) is 16.9 Å². The van der Waals surface area contributed by atoms with Gasteiger partial charge in [0.15, 0.2) is 5.82 Å². The van der Waals surface area contributed by atoms with Crippen molar-refractivity contribution in [3.63, 3.8) is 0 Å². The van der Waals surface area contributed by atoms with E-state index in [9.17, 15) is 4.79 Å². The lowest BCUT2D eigenvalue weighted by Gasteiger charge is -2.32. The molecule has 1 aliphatic rings. The van der Waals surface area contributed by atoms with Gasteiger partial charge < -0.3 is 0 Å². The first-order valence-corrected chi connectivity index (χ1v) is 12.7. The van der Waals surface area contributed by atoms with Crippen LogP contribution in [0.5, 0.6) is 0 Å². The first kappa shape index (κ1) is 23.3. The smallest absolute Gasteiger partial charge is 0.259 e. The van der Waals surface area contributed by atoms with Gasteiger partial charge in [0.1, 0.15) is 5.65 Å². The highest BCUT2D eigenvalue weighted by Gasteiger charge is 2.27. The summed E-state index contributed by atoms with van der Waals surface area (Å²) in [7, 11) is 2.22. The van der Waals surface area contributed by atoms with Gasteiger partial charge in [0, 0.05) is 29.9 Å². The zero-order chi connectivity index (χ0) is 24.4. The zero-order valence-electron chi connectivity index (χ0n) is 20.9. The van der Waals surface area contributed by atoms with E-state index in [-0.39, 0.29) is 5.91 Å². The topological polar surface area (TPSA) is 40.9 Å². The predicted molar refractivity (Wildman–Crippen MR) is 143 cm³/mol. The first-order valence-electron chi connectivity index (χ1n) is 12.7. The van der Waals surface area contributed by atoms with Crippen LogP contribution in [0.15, 0.2) is 72.9 Å². The number of anilines is 1. The normalized spacial score (nSPS) is 16.5. The molecule has 5 rings (SSSR count). The average Bonchev–Trinajstić information content (AvgIpc) is 3.26. The van der Waals surface area contributed by atoms with Gasteiger partial charge in [0.05, 0.1) is 5.69 Å². The zero-order valence-corrected chi connectivity index (χ0v) is 20.9. The number of carbonyl (C=O) groups excluding carboxylic acids is 1. The third kappa shape index (κ3) is 4.61. The van der Waals surface area contributed by atoms with E-state index in [0.29, 0.717) is 18.2 Å². The number of likely N-dealkylation sites (tertiary alicyclic amines) is 1. The monoisotopic (exact) mass is 466 g/mol. The van der Waals surface area contributed by atoms with E-state index in [0.717, 1.165) is 42.1 Å². The van der Waals surface area contributed by atoms with E-state index in [1.54, 1.807) is 0 Å². The molecule has 1 aliphatic heterocycles. The molecule has 1 saturated heterocycles. The van der Waals surface area contributed by atoms with Crippen molar-refractivity contribution in [3.05, 3.63) is 89.6 Å². The summed E-state index contributed by atoms with van der Waals surface area (Å²) in [5.41, 5.74) is 6.08. The summed E-state index contributed by atoms with van der Waals surface area (Å²) in [6.07, 6.45) is 6.76. The number of nitrogens with zero attached hydrogens (tertiary/aromatic N) is 4. The van der Waals surface area contributed by atoms with Crippen molar-refractivity contribution >= 4 is 17.4 Å². The number of carbonyl (C=O) groups is 1. The quantitative estimate of drug-likeness (QED) is 0.325. The average molecular weight is 467 g/mol. The van der Waals surface area contributed by atoms with Crippen molar-refractivity contribution in [3.8, 4) is 11.3 Å². The molecule has 1 amide bonds. The van der Waals surface area contributed by atoms with Crippen LogP contribution in [-0.4, -0.2) is 40.3 Å². The molecule has 180 valence electrons. The molecule has 0 bridgehead atoms. The van der Waals surface area contributed by atoms with Crippen LogP contribution in [0, 0.1) is 6.92 Å². The summed E-state index contributed by atoms with van der Waals surface area (Å²) in [6.45, 7) is 5.93. The Bertz CT molecular complexity index is 1310. The Labute approximate surface area is 208 Å². The molecule has 0 saturated carbocycles. The van der Waals surface area contributed by atoms with Gasteiger partial charge in [-0.15, -0.1) is 0 Å². The summed E-state index contributed by atoms with van der Waals surface area (Å²) in [6, 6.07) is 22.8. The van der Waals surface area contributed by atoms with Crippen LogP contribution in [-0.2, 0) is 0 Å². The van der Waals surface area contributed by atoms with Crippen LogP contribution in [0.1, 0.15) is 60.1 Å². The molecule has 3 heterocycles. The lowest BCUT2D eigenvalue weighted by molar-refractivity contribution is 0.0986. The minimum atomic E-state index is -0.0172. The minimum absolute atomic E-state index is 0.0172. The lowest BCUT2D eigenvalue weighted by atomic mass is 9.97. The highest BCUT2D eigenvalue weighted by atomic mass is 16.2. The summed E-state index contributed by atoms with van der Waals surface area (Å²) < 4.78 is 2.19. The molecule has 5 heteroatoms. The Morgan fingerprint density at radius 2 is 1.80 bits per heavy atom. The second kappa shape index (κ2) is 10.0. The standard InChI is InChI=1S/C30H34N4O/c1-4-19-33(30(35)24-10-6-5-7-11-24)29-28(23-15-13-22(2)14-16-23)34-21-25(17-18-27(34)31-29)26-12-8-9-20-32(26)3/h5-7,10-11,13-18,21,26H,4,8-9,12,19-20H2,1-3H3. The van der Waals surface area contributed by atoms with Gasteiger partial charge in [-0.2, -0.15) is 0 Å². The van der Waals surface area contributed by atoms with Gasteiger partial charge in [-0.1, -0.05) is 67.4 Å². The Morgan fingerprint density at radius 3 is 2.51 bits per heavy atom. The molecule has 1 atom stereocenters. The number of imidazole rings is 1. The van der Waals surface area contributed by atoms with E-state index in [1.807, 2.05) is 35.2 Å². The lowest BCUT2D eigenvalue weighted by Crippen LogP contribution is -2.32. The molecule has 0 N–H and O–H groups in total. The summed E-state index contributed by atoms with van der Waals surface area (Å²) in [5, 5.41) is 0. The number of amides is 1. The van der Waals surface area contributed by atoms with Crippen molar-refractivity contribution in [1.29, 1.82) is 0 Å². The molecular formula is C30H34N4O. The molecule has 0 aliphatic carbocycles. The maximum absolute atomic E-state index is 13.7. The molecule has 35 heavy (non-hydrogen) atoms. The van der Waals surface area contributed by atoms with E-state index in [4.69, 9.17) is 4.98 Å². The number of aryl methyl sites for hydroxylation is 1. The fourth-order valence-electron chi connectivity index (χ4n) is 5.17. The van der Waals surface area contributed by atoms with Gasteiger partial charge in [0.25, 0.3) is 5.91 Å². The maximum atomic E-state index is 13.7. The third-order valence-electron chi connectivity index (χ3n) is 7.07. The Morgan fingerprint density at radius 1 is 1.03 bits per heavy atom. The summed E-state index contributed by atoms with van der Waals surface area (Å²) >= 11 is 0. The molecular weight excluding hydrogens is 432 g/mol. The van der Waals surface area contributed by atoms with Crippen molar-refractivity contribution in [1.82, 2.24) is 14.3 Å². The van der Waals surface area contributed by atoms with Gasteiger partial charge >= 0.3 is 0 Å². The van der Waals surface area contributed by atoms with E-state index in [1.165, 1.54) is 24.0 Å². The van der Waals surface area contributed by atoms with Crippen molar-refractivity contribution in [2.45, 2.75) is 45.6 Å². The van der Waals surface area contributed by atoms with Crippen molar-refractivity contribution in [2.75, 3.05) is 25.0 Å². The largest absolute Gasteiger partial charge is 0.299 e. The number of fused-ring (bicyclic) bond motifs is 1. The molecule has 5 nitrogen and oxygen atoms in total. The maximum Gasteiger partial charge on any atom is 0.259 e. The van der Waals surface area contributed by atoms with E-state index < -0.39 is 0 Å². The fraction of sp³-hybridized carbons (Fsp3) is 0.333. The van der Waals surface area contributed by atoms with Gasteiger partial charge in [-0.3, -0.25) is 19.0 Å². The van der Waals surface area contributed by atoms with Crippen LogP contribution >= 0.6 is 0 Å². The minimum Gasteiger partial charge on any atom is -0.299 e. The first-order chi connectivity index (χ1) is 17.1. The third-order valence-corrected chi connectivity index (χ3v) is 7.07. The Balaban J connectivity index is 1.69. The van der Waals surface area contributed by atoms with Crippen LogP contribution in [0.3, 0.4) is 0 Å². The number of aromatic nitrogens is 2. The Hall–Kier alpha value is -3.44. The molecule has 1 fully saturated rings. The summed E-state index contributed by atoms with van der Waals surface area (Å²) in [4.78, 5) is 23.0. The van der Waals surface area contributed by atoms with Crippen molar-refractivity contribution in [2.24, 2.45) is 0 Å². The highest BCUT2D eigenvalue weighted by Crippen LogP contribution is 2.36. The Kier molecular flexibility index (Phi) is 6.69. The molecule has 2 aromatic carbocycles. The van der Waals surface area contributed by atoms with Gasteiger partial charge in [0.2, 0.25) is 0 Å². The molecule has 2 aromatic heterocycles. The molecule has 4 aromatic rings. The number of benzene rings is 2. The van der Waals surface area contributed by atoms with E-state index >= 15 is 0 Å². The van der Waals surface area contributed by atoms with E-state index in [2.05, 4.69) is 72.8 Å². The SMILES string of the molecule is CCCN(C(=O)c1ccccc1)c1nc2ccc(C3CCCCN3C)cn2c1-c1ccc(C)cc1. The van der Waals surface area contributed by atoms with Crippen LogP contribution < -0.4 is 4.90 Å². The molecule has 1 unspecified atom stereocenters. The van der Waals surface area contributed by atoms with Crippen LogP contribution in [0.2, 0.25) is 0 Å². The molecule has 0 radical (unpaired) electrons. The second-order valence-electron chi connectivity index (χ2n) is 9.66. The van der Waals surface area contributed by atoms with Gasteiger partial charge in [-0.25, -0.2) is 4.98 Å². The molecule has 0 spiro atoms. The number of pyridine rings is 1. The second-order valence-corrected chi connectivity index (χ2v) is 9.66. The van der Waals surface area contributed by atoms with Crippen molar-refractivity contribution < 1.29 is 4.79 Å². The van der Waals surface area contributed by atoms with Gasteiger partial charge in [-0.05, 0) is 63.5 Å². The number of piperidine rings is 1. The highest BCUT2D eigenvalue weighted by molar-refractivity contribution is 6.07. The number of rotatable bonds is 6. The summed E-state index contributed by atoms with van der Waals surface area (Å²) in [5.74, 6) is 0.704.